The van der Waals surface area contributed by atoms with Crippen molar-refractivity contribution in [1.82, 2.24) is 0 Å². The average molecular weight is 272 g/mol. The summed E-state index contributed by atoms with van der Waals surface area (Å²) in [5, 5.41) is 0. The monoisotopic (exact) mass is 272 g/mol. The Morgan fingerprint density at radius 2 is 2.17 bits per heavy atom. The van der Waals surface area contributed by atoms with Gasteiger partial charge < -0.3 is 5.73 Å². The molecule has 0 spiro atoms. The van der Waals surface area contributed by atoms with Crippen LogP contribution in [-0.2, 0) is 21.2 Å². The molecule has 0 atom stereocenters. The summed E-state index contributed by atoms with van der Waals surface area (Å²) in [4.78, 5) is 10.8. The number of nitrogens with two attached hydrogens (primary N) is 1. The molecule has 1 rings (SSSR count). The summed E-state index contributed by atoms with van der Waals surface area (Å²) >= 11 is 0. The number of nitrogens with one attached hydrogen (secondary N) is 1. The summed E-state index contributed by atoms with van der Waals surface area (Å²) < 4.78 is 38.0. The third kappa shape index (κ3) is 3.85. The van der Waals surface area contributed by atoms with Crippen LogP contribution in [0.1, 0.15) is 11.1 Å². The van der Waals surface area contributed by atoms with Gasteiger partial charge in [0.1, 0.15) is 5.82 Å². The number of carbonyl (C=O) groups excluding carboxylic acids is 1. The molecular formula is C11H13FN2O3S. The topological polar surface area (TPSA) is 89.3 Å². The Bertz CT molecular complexity index is 597. The summed E-state index contributed by atoms with van der Waals surface area (Å²) in [7, 11) is -3.60. The Balaban J connectivity index is 3.28. The van der Waals surface area contributed by atoms with Gasteiger partial charge in [-0.25, -0.2) is 12.8 Å². The van der Waals surface area contributed by atoms with E-state index in [2.05, 4.69) is 11.3 Å². The standard InChI is InChI=1S/C11H13FN2O3S/c1-3-8-4-7(6-10(13)15)5-9(12)11(8)14-18(2,16)17/h3-5,14H,1,6H2,2H3,(H2,13,15). The Kier molecular flexibility index (Phi) is 4.07. The number of hydrogen-bond donors (Lipinski definition) is 2. The van der Waals surface area contributed by atoms with Crippen LogP contribution in [0.4, 0.5) is 10.1 Å². The van der Waals surface area contributed by atoms with Crippen LogP contribution in [0, 0.1) is 5.82 Å². The SMILES string of the molecule is C=Cc1cc(CC(N)=O)cc(F)c1NS(C)(=O)=O. The molecule has 0 unspecified atom stereocenters. The highest BCUT2D eigenvalue weighted by Crippen LogP contribution is 2.24. The lowest BCUT2D eigenvalue weighted by Crippen LogP contribution is -2.15. The van der Waals surface area contributed by atoms with Crippen molar-refractivity contribution in [2.45, 2.75) is 6.42 Å². The largest absolute Gasteiger partial charge is 0.369 e. The zero-order valence-corrected chi connectivity index (χ0v) is 10.6. The van der Waals surface area contributed by atoms with Crippen molar-refractivity contribution in [3.8, 4) is 0 Å². The Hall–Kier alpha value is -1.89. The van der Waals surface area contributed by atoms with Crippen LogP contribution in [0.15, 0.2) is 18.7 Å². The number of sulfonamides is 1. The van der Waals surface area contributed by atoms with Crippen LogP contribution >= 0.6 is 0 Å². The maximum Gasteiger partial charge on any atom is 0.229 e. The second kappa shape index (κ2) is 5.18. The number of halogens is 1. The van der Waals surface area contributed by atoms with Crippen LogP contribution < -0.4 is 10.5 Å². The Morgan fingerprint density at radius 1 is 1.56 bits per heavy atom. The molecule has 0 bridgehead atoms. The maximum atomic E-state index is 13.8. The molecule has 0 heterocycles. The van der Waals surface area contributed by atoms with Gasteiger partial charge in [-0.2, -0.15) is 0 Å². The van der Waals surface area contributed by atoms with Gasteiger partial charge in [-0.05, 0) is 17.7 Å². The molecular weight excluding hydrogens is 259 g/mol. The lowest BCUT2D eigenvalue weighted by Gasteiger charge is -2.11. The third-order valence-electron chi connectivity index (χ3n) is 2.07. The van der Waals surface area contributed by atoms with E-state index in [-0.39, 0.29) is 17.7 Å². The second-order valence-corrected chi connectivity index (χ2v) is 5.51. The van der Waals surface area contributed by atoms with Crippen molar-refractivity contribution in [3.63, 3.8) is 0 Å². The van der Waals surface area contributed by atoms with Crippen LogP contribution in [0.5, 0.6) is 0 Å². The first kappa shape index (κ1) is 14.2. The molecule has 0 fully saturated rings. The minimum absolute atomic E-state index is 0.128. The van der Waals surface area contributed by atoms with Crippen molar-refractivity contribution in [2.24, 2.45) is 5.73 Å². The van der Waals surface area contributed by atoms with E-state index in [9.17, 15) is 17.6 Å². The quantitative estimate of drug-likeness (QED) is 0.833. The fraction of sp³-hybridized carbons (Fsp3) is 0.182. The Morgan fingerprint density at radius 3 is 2.61 bits per heavy atom. The molecule has 3 N–H and O–H groups in total. The summed E-state index contributed by atoms with van der Waals surface area (Å²) in [5.41, 5.74) is 5.42. The van der Waals surface area contributed by atoms with Gasteiger partial charge in [0, 0.05) is 5.56 Å². The van der Waals surface area contributed by atoms with E-state index in [1.807, 2.05) is 0 Å². The zero-order valence-electron chi connectivity index (χ0n) is 9.73. The second-order valence-electron chi connectivity index (χ2n) is 3.76. The highest BCUT2D eigenvalue weighted by molar-refractivity contribution is 7.92. The molecule has 0 saturated carbocycles. The van der Waals surface area contributed by atoms with Crippen molar-refractivity contribution < 1.29 is 17.6 Å². The van der Waals surface area contributed by atoms with Crippen molar-refractivity contribution in [3.05, 3.63) is 35.7 Å². The number of primary amides is 1. The van der Waals surface area contributed by atoms with E-state index in [4.69, 9.17) is 5.73 Å². The van der Waals surface area contributed by atoms with Gasteiger partial charge in [0.25, 0.3) is 0 Å². The minimum atomic E-state index is -3.60. The summed E-state index contributed by atoms with van der Waals surface area (Å²) in [6.45, 7) is 3.47. The van der Waals surface area contributed by atoms with Crippen molar-refractivity contribution in [2.75, 3.05) is 11.0 Å². The van der Waals surface area contributed by atoms with Crippen molar-refractivity contribution in [1.29, 1.82) is 0 Å². The van der Waals surface area contributed by atoms with Crippen LogP contribution in [0.3, 0.4) is 0 Å². The maximum absolute atomic E-state index is 13.8. The first-order chi connectivity index (χ1) is 8.23. The summed E-state index contributed by atoms with van der Waals surface area (Å²) in [6.07, 6.45) is 2.08. The normalized spacial score (nSPS) is 11.0. The van der Waals surface area contributed by atoms with E-state index < -0.39 is 21.7 Å². The number of rotatable bonds is 5. The molecule has 98 valence electrons. The van der Waals surface area contributed by atoms with Gasteiger partial charge in [-0.3, -0.25) is 9.52 Å². The predicted octanol–water partition coefficient (Wildman–Crippen LogP) is 0.868. The highest BCUT2D eigenvalue weighted by atomic mass is 32.2. The van der Waals surface area contributed by atoms with Crippen LogP contribution in [-0.4, -0.2) is 20.6 Å². The van der Waals surface area contributed by atoms with Crippen LogP contribution in [0.25, 0.3) is 6.08 Å². The molecule has 0 saturated heterocycles. The lowest BCUT2D eigenvalue weighted by atomic mass is 10.1. The van der Waals surface area contributed by atoms with Gasteiger partial charge in [-0.1, -0.05) is 12.7 Å². The van der Waals surface area contributed by atoms with Gasteiger partial charge in [0.05, 0.1) is 18.4 Å². The first-order valence-corrected chi connectivity index (χ1v) is 6.83. The van der Waals surface area contributed by atoms with E-state index in [1.165, 1.54) is 12.1 Å². The first-order valence-electron chi connectivity index (χ1n) is 4.94. The Labute approximate surface area is 105 Å². The molecule has 7 heteroatoms. The van der Waals surface area contributed by atoms with Gasteiger partial charge >= 0.3 is 0 Å². The molecule has 1 amide bonds. The lowest BCUT2D eigenvalue weighted by molar-refractivity contribution is -0.117. The average Bonchev–Trinajstić information content (AvgIpc) is 2.19. The summed E-state index contributed by atoms with van der Waals surface area (Å²) in [6, 6.07) is 2.51. The predicted molar refractivity (Wildman–Crippen MR) is 67.9 cm³/mol. The molecule has 0 aromatic heterocycles. The van der Waals surface area contributed by atoms with Gasteiger partial charge in [0.15, 0.2) is 0 Å². The molecule has 0 aliphatic heterocycles. The smallest absolute Gasteiger partial charge is 0.229 e. The number of anilines is 1. The fourth-order valence-corrected chi connectivity index (χ4v) is 2.03. The third-order valence-corrected chi connectivity index (χ3v) is 2.64. The number of benzene rings is 1. The zero-order chi connectivity index (χ0) is 13.9. The molecule has 5 nitrogen and oxygen atoms in total. The van der Waals surface area contributed by atoms with E-state index in [1.54, 1.807) is 0 Å². The fourth-order valence-electron chi connectivity index (χ4n) is 1.44. The van der Waals surface area contributed by atoms with Gasteiger partial charge in [0.2, 0.25) is 15.9 Å². The molecule has 1 aromatic carbocycles. The molecule has 0 aliphatic rings. The number of amides is 1. The van der Waals surface area contributed by atoms with E-state index in [0.29, 0.717) is 5.56 Å². The molecule has 0 radical (unpaired) electrons. The molecule has 1 aromatic rings. The molecule has 18 heavy (non-hydrogen) atoms. The number of hydrogen-bond acceptors (Lipinski definition) is 3. The van der Waals surface area contributed by atoms with Gasteiger partial charge in [-0.15, -0.1) is 0 Å². The van der Waals surface area contributed by atoms with Crippen molar-refractivity contribution >= 4 is 27.7 Å². The summed E-state index contributed by atoms with van der Waals surface area (Å²) in [5.74, 6) is -1.39. The van der Waals surface area contributed by atoms with E-state index >= 15 is 0 Å². The van der Waals surface area contributed by atoms with E-state index in [0.717, 1.165) is 12.3 Å². The molecule has 0 aliphatic carbocycles. The number of carbonyl (C=O) groups is 1. The highest BCUT2D eigenvalue weighted by Gasteiger charge is 2.13. The minimum Gasteiger partial charge on any atom is -0.369 e. The van der Waals surface area contributed by atoms with Crippen LogP contribution in [0.2, 0.25) is 0 Å².